The molecule has 1 aliphatic carbocycles. The van der Waals surface area contributed by atoms with E-state index < -0.39 is 0 Å². The van der Waals surface area contributed by atoms with Crippen molar-refractivity contribution in [2.45, 2.75) is 25.4 Å². The summed E-state index contributed by atoms with van der Waals surface area (Å²) in [6.45, 7) is 0.00165. The van der Waals surface area contributed by atoms with Crippen molar-refractivity contribution < 1.29 is 5.11 Å². The van der Waals surface area contributed by atoms with Gasteiger partial charge in [0.2, 0.25) is 0 Å². The zero-order chi connectivity index (χ0) is 12.5. The van der Waals surface area contributed by atoms with Crippen LogP contribution in [0.25, 0.3) is 11.4 Å². The van der Waals surface area contributed by atoms with E-state index in [2.05, 4.69) is 9.97 Å². The zero-order valence-electron chi connectivity index (χ0n) is 9.81. The molecule has 1 heterocycles. The van der Waals surface area contributed by atoms with Gasteiger partial charge in [-0.2, -0.15) is 0 Å². The van der Waals surface area contributed by atoms with E-state index in [1.807, 2.05) is 24.3 Å². The first-order valence-corrected chi connectivity index (χ1v) is 6.38. The fourth-order valence-corrected chi connectivity index (χ4v) is 2.21. The minimum absolute atomic E-state index is 0.00165. The maximum atomic E-state index is 9.30. The van der Waals surface area contributed by atoms with Gasteiger partial charge in [-0.05, 0) is 25.0 Å². The molecule has 1 saturated carbocycles. The average molecular weight is 261 g/mol. The molecule has 4 heteroatoms. The second kappa shape index (κ2) is 4.67. The molecule has 1 aromatic heterocycles. The van der Waals surface area contributed by atoms with Crippen molar-refractivity contribution in [1.29, 1.82) is 0 Å². The molecule has 0 atom stereocenters. The number of halogens is 1. The molecule has 1 aliphatic rings. The highest BCUT2D eigenvalue weighted by molar-refractivity contribution is 6.30. The maximum absolute atomic E-state index is 9.30. The first-order chi connectivity index (χ1) is 8.78. The molecule has 0 aliphatic heterocycles. The highest BCUT2D eigenvalue weighted by Crippen LogP contribution is 2.41. The van der Waals surface area contributed by atoms with Gasteiger partial charge in [0.15, 0.2) is 5.82 Å². The fourth-order valence-electron chi connectivity index (χ4n) is 2.02. The third-order valence-corrected chi connectivity index (χ3v) is 3.35. The molecule has 1 aromatic carbocycles. The van der Waals surface area contributed by atoms with Crippen LogP contribution in [0.4, 0.5) is 0 Å². The lowest BCUT2D eigenvalue weighted by atomic mass is 10.1. The molecule has 0 spiro atoms. The molecular formula is C14H13ClN2O. The number of rotatable bonds is 3. The number of benzene rings is 1. The number of hydrogen-bond donors (Lipinski definition) is 1. The van der Waals surface area contributed by atoms with E-state index in [1.54, 1.807) is 6.20 Å². The van der Waals surface area contributed by atoms with Crippen molar-refractivity contribution >= 4 is 11.6 Å². The molecule has 18 heavy (non-hydrogen) atoms. The predicted octanol–water partition coefficient (Wildman–Crippen LogP) is 3.17. The predicted molar refractivity (Wildman–Crippen MR) is 70.4 cm³/mol. The summed E-state index contributed by atoms with van der Waals surface area (Å²) < 4.78 is 0. The summed E-state index contributed by atoms with van der Waals surface area (Å²) in [5.41, 5.74) is 2.74. The van der Waals surface area contributed by atoms with E-state index >= 15 is 0 Å². The minimum Gasteiger partial charge on any atom is -0.392 e. The van der Waals surface area contributed by atoms with Crippen molar-refractivity contribution in [1.82, 2.24) is 9.97 Å². The van der Waals surface area contributed by atoms with E-state index in [1.165, 1.54) is 0 Å². The largest absolute Gasteiger partial charge is 0.392 e. The molecule has 0 saturated heterocycles. The van der Waals surface area contributed by atoms with Crippen LogP contribution in [0.5, 0.6) is 0 Å². The molecule has 0 amide bonds. The van der Waals surface area contributed by atoms with Crippen LogP contribution in [0, 0.1) is 0 Å². The van der Waals surface area contributed by atoms with Crippen LogP contribution in [-0.2, 0) is 6.61 Å². The van der Waals surface area contributed by atoms with Gasteiger partial charge in [-0.25, -0.2) is 9.97 Å². The number of hydrogen-bond acceptors (Lipinski definition) is 3. The topological polar surface area (TPSA) is 46.0 Å². The van der Waals surface area contributed by atoms with Gasteiger partial charge < -0.3 is 5.11 Å². The summed E-state index contributed by atoms with van der Waals surface area (Å²) in [5, 5.41) is 9.98. The molecule has 0 unspecified atom stereocenters. The van der Waals surface area contributed by atoms with E-state index in [9.17, 15) is 5.11 Å². The smallest absolute Gasteiger partial charge is 0.159 e. The van der Waals surface area contributed by atoms with Gasteiger partial charge in [0.05, 0.1) is 12.3 Å². The molecule has 1 N–H and O–H groups in total. The van der Waals surface area contributed by atoms with Gasteiger partial charge >= 0.3 is 0 Å². The van der Waals surface area contributed by atoms with Crippen LogP contribution in [0.1, 0.15) is 30.0 Å². The van der Waals surface area contributed by atoms with Crippen LogP contribution >= 0.6 is 11.6 Å². The van der Waals surface area contributed by atoms with Crippen LogP contribution < -0.4 is 0 Å². The van der Waals surface area contributed by atoms with Crippen molar-refractivity contribution in [2.75, 3.05) is 0 Å². The summed E-state index contributed by atoms with van der Waals surface area (Å²) in [5.74, 6) is 1.17. The Balaban J connectivity index is 2.05. The van der Waals surface area contributed by atoms with Crippen LogP contribution in [0.3, 0.4) is 0 Å². The Labute approximate surface area is 110 Å². The van der Waals surface area contributed by atoms with Gasteiger partial charge in [0.25, 0.3) is 0 Å². The average Bonchev–Trinajstić information content (AvgIpc) is 3.22. The lowest BCUT2D eigenvalue weighted by molar-refractivity contribution is 0.279. The molecule has 1 fully saturated rings. The second-order valence-corrected chi connectivity index (χ2v) is 4.98. The third-order valence-electron chi connectivity index (χ3n) is 3.12. The maximum Gasteiger partial charge on any atom is 0.159 e. The number of aliphatic hydroxyl groups is 1. The van der Waals surface area contributed by atoms with E-state index in [4.69, 9.17) is 11.6 Å². The molecule has 3 rings (SSSR count). The Morgan fingerprint density at radius 1 is 1.33 bits per heavy atom. The quantitative estimate of drug-likeness (QED) is 0.922. The Morgan fingerprint density at radius 3 is 2.83 bits per heavy atom. The minimum atomic E-state index is 0.00165. The Morgan fingerprint density at radius 2 is 2.17 bits per heavy atom. The summed E-state index contributed by atoms with van der Waals surface area (Å²) in [4.78, 5) is 8.89. The standard InChI is InChI=1S/C14H13ClN2O/c15-12-3-1-2-10(6-12)14-16-7-11(8-18)13(17-14)9-4-5-9/h1-3,6-7,9,18H,4-5,8H2. The second-order valence-electron chi connectivity index (χ2n) is 4.55. The highest BCUT2D eigenvalue weighted by atomic mass is 35.5. The van der Waals surface area contributed by atoms with Crippen LogP contribution in [0.2, 0.25) is 5.02 Å². The number of aliphatic hydroxyl groups excluding tert-OH is 1. The van der Waals surface area contributed by atoms with Gasteiger partial charge in [0.1, 0.15) is 0 Å². The SMILES string of the molecule is OCc1cnc(-c2cccc(Cl)c2)nc1C1CC1. The van der Waals surface area contributed by atoms with Gasteiger partial charge in [0, 0.05) is 28.3 Å². The van der Waals surface area contributed by atoms with Crippen molar-refractivity contribution in [3.05, 3.63) is 46.7 Å². The first-order valence-electron chi connectivity index (χ1n) is 6.00. The van der Waals surface area contributed by atoms with Crippen LogP contribution in [-0.4, -0.2) is 15.1 Å². The van der Waals surface area contributed by atoms with E-state index in [0.717, 1.165) is 29.7 Å². The van der Waals surface area contributed by atoms with Gasteiger partial charge in [-0.3, -0.25) is 0 Å². The molecule has 0 radical (unpaired) electrons. The third kappa shape index (κ3) is 2.24. The van der Waals surface area contributed by atoms with Crippen molar-refractivity contribution in [2.24, 2.45) is 0 Å². The monoisotopic (exact) mass is 260 g/mol. The summed E-state index contributed by atoms with van der Waals surface area (Å²) in [7, 11) is 0. The van der Waals surface area contributed by atoms with Gasteiger partial charge in [-0.15, -0.1) is 0 Å². The van der Waals surface area contributed by atoms with Crippen molar-refractivity contribution in [3.63, 3.8) is 0 Å². The molecule has 3 nitrogen and oxygen atoms in total. The summed E-state index contributed by atoms with van der Waals surface area (Å²) in [6.07, 6.45) is 4.02. The highest BCUT2D eigenvalue weighted by Gasteiger charge is 2.28. The molecule has 0 bridgehead atoms. The lowest BCUT2D eigenvalue weighted by Gasteiger charge is -2.07. The Kier molecular flexibility index (Phi) is 3.02. The molecule has 92 valence electrons. The molecule has 2 aromatic rings. The summed E-state index contributed by atoms with van der Waals surface area (Å²) in [6, 6.07) is 7.51. The number of nitrogens with zero attached hydrogens (tertiary/aromatic N) is 2. The normalized spacial score (nSPS) is 14.8. The summed E-state index contributed by atoms with van der Waals surface area (Å²) >= 11 is 5.97. The molecular weight excluding hydrogens is 248 g/mol. The van der Waals surface area contributed by atoms with E-state index in [-0.39, 0.29) is 6.61 Å². The van der Waals surface area contributed by atoms with Crippen LogP contribution in [0.15, 0.2) is 30.5 Å². The van der Waals surface area contributed by atoms with Crippen molar-refractivity contribution in [3.8, 4) is 11.4 Å². The zero-order valence-corrected chi connectivity index (χ0v) is 10.6. The van der Waals surface area contributed by atoms with E-state index in [0.29, 0.717) is 16.8 Å². The first kappa shape index (κ1) is 11.6. The Hall–Kier alpha value is -1.45. The van der Waals surface area contributed by atoms with Gasteiger partial charge in [-0.1, -0.05) is 23.7 Å². The number of aromatic nitrogens is 2. The fraction of sp³-hybridized carbons (Fsp3) is 0.286. The Bertz CT molecular complexity index is 582. The lowest BCUT2D eigenvalue weighted by Crippen LogP contribution is -2.00.